The fourth-order valence-electron chi connectivity index (χ4n) is 1.96. The van der Waals surface area contributed by atoms with Crippen molar-refractivity contribution in [3.8, 4) is 0 Å². The summed E-state index contributed by atoms with van der Waals surface area (Å²) in [5, 5.41) is 5.03. The predicted octanol–water partition coefficient (Wildman–Crippen LogP) is 2.67. The quantitative estimate of drug-likeness (QED) is 0.846. The van der Waals surface area contributed by atoms with Gasteiger partial charge < -0.3 is 10.2 Å². The molecule has 23 heavy (non-hydrogen) atoms. The Morgan fingerprint density at radius 2 is 2.00 bits per heavy atom. The summed E-state index contributed by atoms with van der Waals surface area (Å²) in [7, 11) is 0. The topological polar surface area (TPSA) is 75.2 Å². The summed E-state index contributed by atoms with van der Waals surface area (Å²) in [6.45, 7) is 4.72. The Hall–Kier alpha value is -2.28. The molecule has 0 aliphatic heterocycles. The molecule has 2 heterocycles. The smallest absolute Gasteiger partial charge is 0.254 e. The number of pyridine rings is 1. The Morgan fingerprint density at radius 1 is 1.26 bits per heavy atom. The monoisotopic (exact) mass is 332 g/mol. The zero-order valence-electron chi connectivity index (χ0n) is 13.2. The molecule has 0 atom stereocenters. The lowest BCUT2D eigenvalue weighted by atomic mass is 10.1. The largest absolute Gasteiger partial charge is 0.329 e. The molecule has 0 bridgehead atoms. The van der Waals surface area contributed by atoms with Gasteiger partial charge in [0.25, 0.3) is 5.91 Å². The summed E-state index contributed by atoms with van der Waals surface area (Å²) >= 11 is 1.35. The van der Waals surface area contributed by atoms with Gasteiger partial charge in [0.15, 0.2) is 5.13 Å². The highest BCUT2D eigenvalue weighted by Crippen LogP contribution is 2.12. The maximum absolute atomic E-state index is 12.6. The Balaban J connectivity index is 2.04. The van der Waals surface area contributed by atoms with E-state index in [0.717, 1.165) is 6.42 Å². The first-order valence-electron chi connectivity index (χ1n) is 7.45. The minimum absolute atomic E-state index is 0.00740. The molecule has 0 radical (unpaired) electrons. The zero-order valence-corrected chi connectivity index (χ0v) is 14.0. The van der Waals surface area contributed by atoms with Crippen LogP contribution in [-0.4, -0.2) is 39.8 Å². The van der Waals surface area contributed by atoms with Gasteiger partial charge in [-0.25, -0.2) is 4.98 Å². The molecule has 0 spiro atoms. The number of thiazole rings is 1. The molecule has 6 nitrogen and oxygen atoms in total. The Labute approximate surface area is 139 Å². The van der Waals surface area contributed by atoms with Crippen molar-refractivity contribution in [2.45, 2.75) is 20.3 Å². The Morgan fingerprint density at radius 3 is 2.61 bits per heavy atom. The lowest BCUT2D eigenvalue weighted by Gasteiger charge is -2.23. The van der Waals surface area contributed by atoms with E-state index in [4.69, 9.17) is 0 Å². The van der Waals surface area contributed by atoms with Crippen LogP contribution < -0.4 is 5.32 Å². The number of carbonyl (C=O) groups is 2. The van der Waals surface area contributed by atoms with Crippen LogP contribution in [0.15, 0.2) is 36.1 Å². The van der Waals surface area contributed by atoms with Gasteiger partial charge in [-0.05, 0) is 24.5 Å². The first-order valence-corrected chi connectivity index (χ1v) is 8.33. The Bertz CT molecular complexity index is 629. The summed E-state index contributed by atoms with van der Waals surface area (Å²) < 4.78 is 0. The van der Waals surface area contributed by atoms with Gasteiger partial charge in [-0.15, -0.1) is 11.3 Å². The first kappa shape index (κ1) is 17.1. The SMILES string of the molecule is CC(C)CCN(CC(=O)Nc1nccs1)C(=O)c1ccncc1. The molecule has 0 fully saturated rings. The number of amides is 2. The van der Waals surface area contributed by atoms with Crippen LogP contribution >= 0.6 is 11.3 Å². The molecule has 122 valence electrons. The number of rotatable bonds is 7. The van der Waals surface area contributed by atoms with Gasteiger partial charge in [0.2, 0.25) is 5.91 Å². The van der Waals surface area contributed by atoms with E-state index in [1.807, 2.05) is 0 Å². The van der Waals surface area contributed by atoms with Crippen LogP contribution in [0, 0.1) is 5.92 Å². The number of nitrogens with one attached hydrogen (secondary N) is 1. The summed E-state index contributed by atoms with van der Waals surface area (Å²) in [6, 6.07) is 3.31. The van der Waals surface area contributed by atoms with Gasteiger partial charge in [0.1, 0.15) is 6.54 Å². The van der Waals surface area contributed by atoms with E-state index in [0.29, 0.717) is 23.2 Å². The van der Waals surface area contributed by atoms with Gasteiger partial charge in [0.05, 0.1) is 0 Å². The van der Waals surface area contributed by atoms with E-state index in [9.17, 15) is 9.59 Å². The van der Waals surface area contributed by atoms with Gasteiger partial charge in [0, 0.05) is 36.1 Å². The summed E-state index contributed by atoms with van der Waals surface area (Å²) in [5.74, 6) is 0.0400. The maximum Gasteiger partial charge on any atom is 0.254 e. The number of anilines is 1. The average Bonchev–Trinajstić information content (AvgIpc) is 3.04. The number of hydrogen-bond acceptors (Lipinski definition) is 5. The van der Waals surface area contributed by atoms with Crippen LogP contribution in [0.1, 0.15) is 30.6 Å². The van der Waals surface area contributed by atoms with Crippen LogP contribution in [0.4, 0.5) is 5.13 Å². The molecule has 0 unspecified atom stereocenters. The highest BCUT2D eigenvalue weighted by Gasteiger charge is 2.19. The van der Waals surface area contributed by atoms with Crippen molar-refractivity contribution >= 4 is 28.3 Å². The predicted molar refractivity (Wildman–Crippen MR) is 90.3 cm³/mol. The normalized spacial score (nSPS) is 10.6. The lowest BCUT2D eigenvalue weighted by Crippen LogP contribution is -2.39. The van der Waals surface area contributed by atoms with Crippen LogP contribution in [0.2, 0.25) is 0 Å². The second-order valence-corrected chi connectivity index (χ2v) is 6.43. The van der Waals surface area contributed by atoms with Crippen LogP contribution in [0.5, 0.6) is 0 Å². The van der Waals surface area contributed by atoms with E-state index in [1.165, 1.54) is 11.3 Å². The van der Waals surface area contributed by atoms with Crippen molar-refractivity contribution in [1.82, 2.24) is 14.9 Å². The molecule has 1 N–H and O–H groups in total. The molecule has 0 saturated heterocycles. The van der Waals surface area contributed by atoms with Gasteiger partial charge in [-0.1, -0.05) is 13.8 Å². The van der Waals surface area contributed by atoms with Crippen molar-refractivity contribution in [2.24, 2.45) is 5.92 Å². The second kappa shape index (κ2) is 8.38. The fraction of sp³-hybridized carbons (Fsp3) is 0.375. The maximum atomic E-state index is 12.6. The molecule has 0 saturated carbocycles. The molecule has 2 aromatic rings. The first-order chi connectivity index (χ1) is 11.1. The molecule has 0 aliphatic carbocycles. The third-order valence-corrected chi connectivity index (χ3v) is 3.89. The van der Waals surface area contributed by atoms with Gasteiger partial charge >= 0.3 is 0 Å². The zero-order chi connectivity index (χ0) is 16.7. The van der Waals surface area contributed by atoms with E-state index >= 15 is 0 Å². The van der Waals surface area contributed by atoms with E-state index in [2.05, 4.69) is 29.1 Å². The molecule has 2 amide bonds. The van der Waals surface area contributed by atoms with E-state index in [1.54, 1.807) is 41.0 Å². The highest BCUT2D eigenvalue weighted by molar-refractivity contribution is 7.13. The number of hydrogen-bond donors (Lipinski definition) is 1. The number of aromatic nitrogens is 2. The Kier molecular flexibility index (Phi) is 6.22. The van der Waals surface area contributed by atoms with E-state index < -0.39 is 0 Å². The van der Waals surface area contributed by atoms with Crippen LogP contribution in [-0.2, 0) is 4.79 Å². The lowest BCUT2D eigenvalue weighted by molar-refractivity contribution is -0.116. The number of carbonyl (C=O) groups excluding carboxylic acids is 2. The molecule has 2 aromatic heterocycles. The highest BCUT2D eigenvalue weighted by atomic mass is 32.1. The fourth-order valence-corrected chi connectivity index (χ4v) is 2.51. The summed E-state index contributed by atoms with van der Waals surface area (Å²) in [5.41, 5.74) is 0.533. The third-order valence-electron chi connectivity index (χ3n) is 3.20. The molecule has 2 rings (SSSR count). The van der Waals surface area contributed by atoms with E-state index in [-0.39, 0.29) is 18.4 Å². The van der Waals surface area contributed by atoms with Crippen molar-refractivity contribution < 1.29 is 9.59 Å². The number of nitrogens with zero attached hydrogens (tertiary/aromatic N) is 3. The summed E-state index contributed by atoms with van der Waals surface area (Å²) in [6.07, 6.45) is 5.60. The standard InChI is InChI=1S/C16H20N4O2S/c1-12(2)5-9-20(15(22)13-3-6-17-7-4-13)11-14(21)19-16-18-8-10-23-16/h3-4,6-8,10,12H,5,9,11H2,1-2H3,(H,18,19,21). The molecular formula is C16H20N4O2S. The molecule has 7 heteroatoms. The average molecular weight is 332 g/mol. The third kappa shape index (κ3) is 5.45. The molecular weight excluding hydrogens is 312 g/mol. The van der Waals surface area contributed by atoms with Crippen molar-refractivity contribution in [2.75, 3.05) is 18.4 Å². The molecule has 0 aliphatic rings. The minimum Gasteiger partial charge on any atom is -0.329 e. The van der Waals surface area contributed by atoms with Crippen molar-refractivity contribution in [3.05, 3.63) is 41.7 Å². The van der Waals surface area contributed by atoms with Crippen molar-refractivity contribution in [3.63, 3.8) is 0 Å². The van der Waals surface area contributed by atoms with Crippen LogP contribution in [0.25, 0.3) is 0 Å². The van der Waals surface area contributed by atoms with Gasteiger partial charge in [-0.2, -0.15) is 0 Å². The minimum atomic E-state index is -0.244. The van der Waals surface area contributed by atoms with Crippen LogP contribution in [0.3, 0.4) is 0 Å². The summed E-state index contributed by atoms with van der Waals surface area (Å²) in [4.78, 5) is 34.2. The molecule has 0 aromatic carbocycles. The van der Waals surface area contributed by atoms with Crippen molar-refractivity contribution in [1.29, 1.82) is 0 Å². The van der Waals surface area contributed by atoms with Gasteiger partial charge in [-0.3, -0.25) is 14.6 Å². The second-order valence-electron chi connectivity index (χ2n) is 5.53.